The molecular formula is C17H18N2O6S. The molecule has 0 aromatic heterocycles. The molecule has 8 nitrogen and oxygen atoms in total. The van der Waals surface area contributed by atoms with E-state index < -0.39 is 32.7 Å². The number of hydrogen-bond acceptors (Lipinski definition) is 6. The monoisotopic (exact) mass is 378 g/mol. The normalized spacial score (nSPS) is 12.3. The first kappa shape index (κ1) is 19.5. The zero-order chi connectivity index (χ0) is 19.2. The lowest BCUT2D eigenvalue weighted by Crippen LogP contribution is -2.35. The Bertz CT molecular complexity index is 883. The predicted molar refractivity (Wildman–Crippen MR) is 94.7 cm³/mol. The van der Waals surface area contributed by atoms with Crippen molar-refractivity contribution in [2.24, 2.45) is 0 Å². The molecule has 0 fully saturated rings. The van der Waals surface area contributed by atoms with Gasteiger partial charge >= 0.3 is 5.97 Å². The van der Waals surface area contributed by atoms with E-state index in [4.69, 9.17) is 4.74 Å². The molecule has 1 atom stereocenters. The summed E-state index contributed by atoms with van der Waals surface area (Å²) in [6, 6.07) is 12.6. The lowest BCUT2D eigenvalue weighted by atomic mass is 10.1. The van der Waals surface area contributed by atoms with Crippen LogP contribution in [0, 0.1) is 10.1 Å². The van der Waals surface area contributed by atoms with Gasteiger partial charge in [0.25, 0.3) is 5.69 Å². The van der Waals surface area contributed by atoms with Crippen LogP contribution in [0.25, 0.3) is 0 Å². The lowest BCUT2D eigenvalue weighted by molar-refractivity contribution is -0.385. The number of sulfonamides is 1. The highest BCUT2D eigenvalue weighted by molar-refractivity contribution is 7.88. The van der Waals surface area contributed by atoms with Crippen molar-refractivity contribution in [3.63, 3.8) is 0 Å². The number of rotatable bonds is 8. The summed E-state index contributed by atoms with van der Waals surface area (Å²) in [5.41, 5.74) is 0.142. The Labute approximate surface area is 151 Å². The molecule has 1 N–H and O–H groups in total. The van der Waals surface area contributed by atoms with Crippen LogP contribution in [0.2, 0.25) is 0 Å². The molecule has 0 spiro atoms. The van der Waals surface area contributed by atoms with Gasteiger partial charge in [0.05, 0.1) is 17.3 Å². The summed E-state index contributed by atoms with van der Waals surface area (Å²) >= 11 is 0. The van der Waals surface area contributed by atoms with Gasteiger partial charge in [0.15, 0.2) is 0 Å². The topological polar surface area (TPSA) is 116 Å². The third-order valence-corrected chi connectivity index (χ3v) is 4.77. The van der Waals surface area contributed by atoms with Crippen LogP contribution in [0.15, 0.2) is 54.6 Å². The van der Waals surface area contributed by atoms with Crippen LogP contribution in [-0.4, -0.2) is 25.9 Å². The van der Waals surface area contributed by atoms with E-state index in [2.05, 4.69) is 4.72 Å². The average molecular weight is 378 g/mol. The first-order chi connectivity index (χ1) is 12.3. The number of carbonyl (C=O) groups is 1. The van der Waals surface area contributed by atoms with E-state index in [1.807, 2.05) is 0 Å². The van der Waals surface area contributed by atoms with Crippen molar-refractivity contribution in [3.8, 4) is 0 Å². The molecule has 0 radical (unpaired) electrons. The minimum absolute atomic E-state index is 0.0284. The van der Waals surface area contributed by atoms with Gasteiger partial charge in [0, 0.05) is 11.6 Å². The minimum atomic E-state index is -4.06. The first-order valence-electron chi connectivity index (χ1n) is 7.78. The fourth-order valence-electron chi connectivity index (χ4n) is 2.36. The zero-order valence-corrected chi connectivity index (χ0v) is 14.8. The van der Waals surface area contributed by atoms with Crippen molar-refractivity contribution < 1.29 is 22.9 Å². The van der Waals surface area contributed by atoms with Crippen molar-refractivity contribution in [2.45, 2.75) is 18.7 Å². The van der Waals surface area contributed by atoms with Gasteiger partial charge in [-0.25, -0.2) is 13.2 Å². The van der Waals surface area contributed by atoms with E-state index in [0.29, 0.717) is 5.56 Å². The smallest absolute Gasteiger partial charge is 0.328 e. The maximum atomic E-state index is 12.5. The summed E-state index contributed by atoms with van der Waals surface area (Å²) in [6.07, 6.45) is 0. The van der Waals surface area contributed by atoms with Crippen molar-refractivity contribution in [1.82, 2.24) is 4.72 Å². The molecule has 0 aliphatic rings. The van der Waals surface area contributed by atoms with E-state index in [-0.39, 0.29) is 17.9 Å². The summed E-state index contributed by atoms with van der Waals surface area (Å²) in [6.45, 7) is 1.70. The minimum Gasteiger partial charge on any atom is -0.465 e. The summed E-state index contributed by atoms with van der Waals surface area (Å²) in [4.78, 5) is 22.6. The van der Waals surface area contributed by atoms with Gasteiger partial charge in [-0.1, -0.05) is 48.5 Å². The van der Waals surface area contributed by atoms with Crippen LogP contribution in [0.1, 0.15) is 24.1 Å². The predicted octanol–water partition coefficient (Wildman–Crippen LogP) is 2.32. The molecule has 0 aliphatic heterocycles. The van der Waals surface area contributed by atoms with Crippen LogP contribution < -0.4 is 4.72 Å². The number of nitrogens with one attached hydrogen (secondary N) is 1. The van der Waals surface area contributed by atoms with Gasteiger partial charge in [0.1, 0.15) is 6.04 Å². The Morgan fingerprint density at radius 3 is 2.38 bits per heavy atom. The fourth-order valence-corrected chi connectivity index (χ4v) is 3.69. The Kier molecular flexibility index (Phi) is 6.42. The van der Waals surface area contributed by atoms with E-state index in [0.717, 1.165) is 0 Å². The van der Waals surface area contributed by atoms with Crippen LogP contribution in [0.5, 0.6) is 0 Å². The molecule has 0 aliphatic carbocycles. The average Bonchev–Trinajstić information content (AvgIpc) is 2.60. The van der Waals surface area contributed by atoms with Crippen LogP contribution in [0.4, 0.5) is 5.69 Å². The first-order valence-corrected chi connectivity index (χ1v) is 9.43. The van der Waals surface area contributed by atoms with E-state index in [1.54, 1.807) is 37.3 Å². The maximum Gasteiger partial charge on any atom is 0.328 e. The van der Waals surface area contributed by atoms with Crippen molar-refractivity contribution in [2.75, 3.05) is 6.61 Å². The third-order valence-electron chi connectivity index (χ3n) is 3.49. The number of ether oxygens (including phenoxy) is 1. The molecule has 2 aromatic rings. The highest BCUT2D eigenvalue weighted by Gasteiger charge is 2.29. The van der Waals surface area contributed by atoms with Gasteiger partial charge in [-0.05, 0) is 12.5 Å². The van der Waals surface area contributed by atoms with Gasteiger partial charge < -0.3 is 4.74 Å². The van der Waals surface area contributed by atoms with Crippen LogP contribution in [-0.2, 0) is 25.3 Å². The van der Waals surface area contributed by atoms with Gasteiger partial charge in [-0.15, -0.1) is 0 Å². The molecule has 9 heteroatoms. The Morgan fingerprint density at radius 1 is 1.15 bits per heavy atom. The van der Waals surface area contributed by atoms with Crippen molar-refractivity contribution in [3.05, 3.63) is 75.8 Å². The van der Waals surface area contributed by atoms with E-state index in [1.165, 1.54) is 24.3 Å². The lowest BCUT2D eigenvalue weighted by Gasteiger charge is -2.17. The number of nitro groups is 1. The molecule has 2 aromatic carbocycles. The summed E-state index contributed by atoms with van der Waals surface area (Å²) < 4.78 is 32.3. The number of para-hydroxylation sites is 1. The van der Waals surface area contributed by atoms with Crippen molar-refractivity contribution in [1.29, 1.82) is 0 Å². The number of nitrogens with zero attached hydrogens (tertiary/aromatic N) is 1. The molecule has 0 saturated heterocycles. The molecule has 1 unspecified atom stereocenters. The number of esters is 1. The standard InChI is InChI=1S/C17H18N2O6S/c1-2-25-17(20)16(13-8-4-3-5-9-13)18-26(23,24)12-14-10-6-7-11-15(14)19(21)22/h3-11,16,18H,2,12H2,1H3. The molecule has 0 amide bonds. The Hall–Kier alpha value is -2.78. The molecule has 2 rings (SSSR count). The summed E-state index contributed by atoms with van der Waals surface area (Å²) in [5.74, 6) is -1.38. The van der Waals surface area contributed by atoms with E-state index >= 15 is 0 Å². The molecule has 138 valence electrons. The van der Waals surface area contributed by atoms with Gasteiger partial charge in [0.2, 0.25) is 10.0 Å². The molecule has 0 heterocycles. The quantitative estimate of drug-likeness (QED) is 0.428. The highest BCUT2D eigenvalue weighted by Crippen LogP contribution is 2.22. The fraction of sp³-hybridized carbons (Fsp3) is 0.235. The number of hydrogen-bond donors (Lipinski definition) is 1. The number of nitro benzene ring substituents is 1. The second-order valence-electron chi connectivity index (χ2n) is 5.36. The largest absolute Gasteiger partial charge is 0.465 e. The second-order valence-corrected chi connectivity index (χ2v) is 7.11. The highest BCUT2D eigenvalue weighted by atomic mass is 32.2. The van der Waals surface area contributed by atoms with Crippen LogP contribution in [0.3, 0.4) is 0 Å². The summed E-state index contributed by atoms with van der Waals surface area (Å²) in [7, 11) is -4.06. The van der Waals surface area contributed by atoms with Gasteiger partial charge in [-0.3, -0.25) is 10.1 Å². The summed E-state index contributed by atoms with van der Waals surface area (Å²) in [5, 5.41) is 11.1. The number of benzene rings is 2. The Morgan fingerprint density at radius 2 is 1.77 bits per heavy atom. The molecule has 26 heavy (non-hydrogen) atoms. The van der Waals surface area contributed by atoms with E-state index in [9.17, 15) is 23.3 Å². The zero-order valence-electron chi connectivity index (χ0n) is 14.0. The van der Waals surface area contributed by atoms with Crippen molar-refractivity contribution >= 4 is 21.7 Å². The van der Waals surface area contributed by atoms with Crippen LogP contribution >= 0.6 is 0 Å². The molecule has 0 saturated carbocycles. The second kappa shape index (κ2) is 8.54. The molecule has 0 bridgehead atoms. The van der Waals surface area contributed by atoms with Gasteiger partial charge in [-0.2, -0.15) is 4.72 Å². The Balaban J connectivity index is 2.29. The SMILES string of the molecule is CCOC(=O)C(NS(=O)(=O)Cc1ccccc1[N+](=O)[O-])c1ccccc1. The number of carbonyl (C=O) groups excluding carboxylic acids is 1. The third kappa shape index (κ3) is 5.11. The molecular weight excluding hydrogens is 360 g/mol. The maximum absolute atomic E-state index is 12.5.